The molecule has 0 aromatic heterocycles. The molecule has 0 saturated carbocycles. The SMILES string of the molecule is CCC/C=C\C/C=C\CCCCCCCC(=O)OCC(COC(=O)CCCCCCCCCCCCCCC/C=C\CCCCCCCCCC)OC(=O)CCCCCCC/C=C\C/C=C\CCCCCC. The van der Waals surface area contributed by atoms with Gasteiger partial charge in [0.2, 0.25) is 0 Å². The van der Waals surface area contributed by atoms with Crippen LogP contribution in [0.1, 0.15) is 323 Å². The fraction of sp³-hybridized carbons (Fsp3) is 0.803. The Labute approximate surface area is 447 Å². The van der Waals surface area contributed by atoms with Gasteiger partial charge in [-0.1, -0.05) is 261 Å². The maximum absolute atomic E-state index is 12.9. The third-order valence-corrected chi connectivity index (χ3v) is 13.7. The first-order valence-electron chi connectivity index (χ1n) is 31.3. The summed E-state index contributed by atoms with van der Waals surface area (Å²) in [6.07, 6.45) is 76.6. The van der Waals surface area contributed by atoms with Crippen molar-refractivity contribution in [2.45, 2.75) is 329 Å². The Bertz CT molecular complexity index is 1290. The third-order valence-electron chi connectivity index (χ3n) is 13.7. The molecule has 0 aliphatic carbocycles. The molecule has 0 N–H and O–H groups in total. The van der Waals surface area contributed by atoms with Crippen molar-refractivity contribution in [3.8, 4) is 0 Å². The Kier molecular flexibility index (Phi) is 58.2. The number of hydrogen-bond donors (Lipinski definition) is 0. The number of esters is 3. The fourth-order valence-corrected chi connectivity index (χ4v) is 8.98. The number of allylic oxidation sites excluding steroid dienone is 10. The first kappa shape index (κ1) is 69.1. The lowest BCUT2D eigenvalue weighted by molar-refractivity contribution is -0.167. The monoisotopic (exact) mass is 1010 g/mol. The zero-order valence-corrected chi connectivity index (χ0v) is 47.9. The topological polar surface area (TPSA) is 78.9 Å². The molecule has 0 aromatic carbocycles. The molecule has 0 aliphatic rings. The van der Waals surface area contributed by atoms with Crippen LogP contribution in [0, 0.1) is 0 Å². The lowest BCUT2D eigenvalue weighted by Gasteiger charge is -2.18. The van der Waals surface area contributed by atoms with Crippen molar-refractivity contribution in [3.63, 3.8) is 0 Å². The van der Waals surface area contributed by atoms with Crippen molar-refractivity contribution in [1.82, 2.24) is 0 Å². The van der Waals surface area contributed by atoms with Crippen LogP contribution in [0.4, 0.5) is 0 Å². The van der Waals surface area contributed by atoms with Crippen LogP contribution in [0.5, 0.6) is 0 Å². The standard InChI is InChI=1S/C66H118O6/c1-4-7-10-13-16-19-22-25-27-29-30-31-32-33-34-35-36-37-39-41-44-47-50-53-56-59-65(68)71-62-63(61-70-64(67)58-55-52-49-46-43-40-24-21-18-15-12-9-6-3)72-66(69)60-57-54-51-48-45-42-38-28-26-23-20-17-14-11-8-5-2/h12,15,20-21,23-24,28-30,38,63H,4-11,13-14,16-19,22,25-27,31-37,39-62H2,1-3H3/b15-12-,23-20-,24-21-,30-29-,38-28-. The van der Waals surface area contributed by atoms with Crippen LogP contribution in [-0.2, 0) is 28.6 Å². The molecule has 0 saturated heterocycles. The van der Waals surface area contributed by atoms with Crippen LogP contribution >= 0.6 is 0 Å². The molecule has 0 rings (SSSR count). The number of carbonyl (C=O) groups excluding carboxylic acids is 3. The highest BCUT2D eigenvalue weighted by Gasteiger charge is 2.19. The molecule has 0 heterocycles. The molecule has 1 atom stereocenters. The molecule has 0 amide bonds. The van der Waals surface area contributed by atoms with E-state index in [0.717, 1.165) is 109 Å². The highest BCUT2D eigenvalue weighted by atomic mass is 16.6. The van der Waals surface area contributed by atoms with Crippen LogP contribution in [-0.4, -0.2) is 37.2 Å². The summed E-state index contributed by atoms with van der Waals surface area (Å²) in [6, 6.07) is 0. The molecule has 0 radical (unpaired) electrons. The van der Waals surface area contributed by atoms with Gasteiger partial charge in [-0.3, -0.25) is 14.4 Å². The smallest absolute Gasteiger partial charge is 0.306 e. The molecule has 72 heavy (non-hydrogen) atoms. The molecule has 0 bridgehead atoms. The van der Waals surface area contributed by atoms with Gasteiger partial charge in [-0.15, -0.1) is 0 Å². The minimum Gasteiger partial charge on any atom is -0.462 e. The maximum Gasteiger partial charge on any atom is 0.306 e. The van der Waals surface area contributed by atoms with Gasteiger partial charge >= 0.3 is 17.9 Å². The van der Waals surface area contributed by atoms with Crippen molar-refractivity contribution in [2.24, 2.45) is 0 Å². The quantitative estimate of drug-likeness (QED) is 0.0261. The summed E-state index contributed by atoms with van der Waals surface area (Å²) >= 11 is 0. The van der Waals surface area contributed by atoms with Gasteiger partial charge < -0.3 is 14.2 Å². The number of ether oxygens (including phenoxy) is 3. The van der Waals surface area contributed by atoms with Gasteiger partial charge in [-0.25, -0.2) is 0 Å². The van der Waals surface area contributed by atoms with Crippen LogP contribution in [0.25, 0.3) is 0 Å². The highest BCUT2D eigenvalue weighted by Crippen LogP contribution is 2.16. The molecule has 6 heteroatoms. The molecular formula is C66H118O6. The summed E-state index contributed by atoms with van der Waals surface area (Å²) in [7, 11) is 0. The third kappa shape index (κ3) is 58.0. The molecule has 0 aromatic rings. The number of unbranched alkanes of at least 4 members (excludes halogenated alkanes) is 36. The van der Waals surface area contributed by atoms with Gasteiger partial charge in [0.15, 0.2) is 6.10 Å². The fourth-order valence-electron chi connectivity index (χ4n) is 8.98. The van der Waals surface area contributed by atoms with E-state index >= 15 is 0 Å². The summed E-state index contributed by atoms with van der Waals surface area (Å²) in [4.78, 5) is 38.2. The zero-order valence-electron chi connectivity index (χ0n) is 47.9. The van der Waals surface area contributed by atoms with Gasteiger partial charge in [-0.2, -0.15) is 0 Å². The first-order valence-corrected chi connectivity index (χ1v) is 31.3. The van der Waals surface area contributed by atoms with Crippen molar-refractivity contribution >= 4 is 17.9 Å². The summed E-state index contributed by atoms with van der Waals surface area (Å²) in [6.45, 7) is 6.57. The van der Waals surface area contributed by atoms with E-state index in [1.165, 1.54) is 173 Å². The van der Waals surface area contributed by atoms with E-state index in [4.69, 9.17) is 14.2 Å². The molecule has 0 fully saturated rings. The minimum atomic E-state index is -0.787. The Morgan fingerprint density at radius 3 is 0.847 bits per heavy atom. The Hall–Kier alpha value is -2.89. The van der Waals surface area contributed by atoms with Gasteiger partial charge in [0.1, 0.15) is 13.2 Å². The zero-order chi connectivity index (χ0) is 52.2. The second-order valence-electron chi connectivity index (χ2n) is 21.0. The Morgan fingerprint density at radius 1 is 0.278 bits per heavy atom. The Balaban J connectivity index is 4.28. The van der Waals surface area contributed by atoms with Crippen LogP contribution in [0.15, 0.2) is 60.8 Å². The van der Waals surface area contributed by atoms with Gasteiger partial charge in [0.05, 0.1) is 0 Å². The lowest BCUT2D eigenvalue weighted by Crippen LogP contribution is -2.30. The summed E-state index contributed by atoms with van der Waals surface area (Å²) in [5.74, 6) is -0.898. The van der Waals surface area contributed by atoms with E-state index in [1.807, 2.05) is 0 Å². The molecule has 418 valence electrons. The number of carbonyl (C=O) groups is 3. The lowest BCUT2D eigenvalue weighted by atomic mass is 10.0. The summed E-state index contributed by atoms with van der Waals surface area (Å²) in [5.41, 5.74) is 0. The Morgan fingerprint density at radius 2 is 0.528 bits per heavy atom. The van der Waals surface area contributed by atoms with Gasteiger partial charge in [-0.05, 0) is 103 Å². The van der Waals surface area contributed by atoms with Crippen molar-refractivity contribution < 1.29 is 28.6 Å². The predicted molar refractivity (Wildman–Crippen MR) is 312 cm³/mol. The second-order valence-corrected chi connectivity index (χ2v) is 21.0. The van der Waals surface area contributed by atoms with E-state index in [1.54, 1.807) is 0 Å². The largest absolute Gasteiger partial charge is 0.462 e. The van der Waals surface area contributed by atoms with E-state index in [9.17, 15) is 14.4 Å². The van der Waals surface area contributed by atoms with Crippen molar-refractivity contribution in [1.29, 1.82) is 0 Å². The van der Waals surface area contributed by atoms with Gasteiger partial charge in [0, 0.05) is 19.3 Å². The van der Waals surface area contributed by atoms with Crippen molar-refractivity contribution in [2.75, 3.05) is 13.2 Å². The average Bonchev–Trinajstić information content (AvgIpc) is 3.38. The van der Waals surface area contributed by atoms with E-state index in [2.05, 4.69) is 81.5 Å². The molecule has 6 nitrogen and oxygen atoms in total. The van der Waals surface area contributed by atoms with Crippen LogP contribution < -0.4 is 0 Å². The normalized spacial score (nSPS) is 12.4. The van der Waals surface area contributed by atoms with Gasteiger partial charge in [0.25, 0.3) is 0 Å². The van der Waals surface area contributed by atoms with E-state index in [0.29, 0.717) is 19.3 Å². The molecule has 1 unspecified atom stereocenters. The molecule has 0 spiro atoms. The summed E-state index contributed by atoms with van der Waals surface area (Å²) < 4.78 is 16.9. The first-order chi connectivity index (χ1) is 35.5. The molecular weight excluding hydrogens is 889 g/mol. The van der Waals surface area contributed by atoms with Crippen molar-refractivity contribution in [3.05, 3.63) is 60.8 Å². The predicted octanol–water partition coefficient (Wildman–Crippen LogP) is 21.2. The number of hydrogen-bond acceptors (Lipinski definition) is 6. The minimum absolute atomic E-state index is 0.0830. The second kappa shape index (κ2) is 60.7. The molecule has 0 aliphatic heterocycles. The maximum atomic E-state index is 12.9. The highest BCUT2D eigenvalue weighted by molar-refractivity contribution is 5.71. The van der Waals surface area contributed by atoms with Crippen LogP contribution in [0.2, 0.25) is 0 Å². The summed E-state index contributed by atoms with van der Waals surface area (Å²) in [5, 5.41) is 0. The van der Waals surface area contributed by atoms with E-state index in [-0.39, 0.29) is 31.1 Å². The number of rotatable bonds is 57. The van der Waals surface area contributed by atoms with E-state index < -0.39 is 6.10 Å². The average molecular weight is 1010 g/mol. The van der Waals surface area contributed by atoms with Crippen LogP contribution in [0.3, 0.4) is 0 Å².